The molecule has 0 bridgehead atoms. The standard InChI is InChI=1S/C11H18ClNO3S/c1-8-6-10(2,3)4-5-11(8)7-9(14)13(11)17(12,15)16/h8H,4-7H2,1-3H3. The van der Waals surface area contributed by atoms with Crippen molar-refractivity contribution < 1.29 is 13.2 Å². The summed E-state index contributed by atoms with van der Waals surface area (Å²) in [5.41, 5.74) is -0.335. The number of β-lactam (4-membered cyclic amide) rings is 1. The minimum atomic E-state index is -3.94. The minimum Gasteiger partial charge on any atom is -0.274 e. The molecule has 2 rings (SSSR count). The summed E-state index contributed by atoms with van der Waals surface area (Å²) in [7, 11) is 1.43. The second-order valence-corrected chi connectivity index (χ2v) is 8.51. The highest BCUT2D eigenvalue weighted by Gasteiger charge is 2.61. The van der Waals surface area contributed by atoms with Gasteiger partial charge in [0.15, 0.2) is 0 Å². The van der Waals surface area contributed by atoms with Gasteiger partial charge in [-0.2, -0.15) is 8.42 Å². The van der Waals surface area contributed by atoms with Gasteiger partial charge in [0.25, 0.3) is 0 Å². The summed E-state index contributed by atoms with van der Waals surface area (Å²) in [5.74, 6) is -0.205. The van der Waals surface area contributed by atoms with Gasteiger partial charge in [0.05, 0.1) is 12.0 Å². The Morgan fingerprint density at radius 2 is 1.94 bits per heavy atom. The van der Waals surface area contributed by atoms with Crippen LogP contribution in [0.5, 0.6) is 0 Å². The summed E-state index contributed by atoms with van der Waals surface area (Å²) < 4.78 is 23.9. The zero-order valence-electron chi connectivity index (χ0n) is 10.4. The third-order valence-electron chi connectivity index (χ3n) is 4.32. The Morgan fingerprint density at radius 3 is 2.35 bits per heavy atom. The lowest BCUT2D eigenvalue weighted by Gasteiger charge is -2.57. The van der Waals surface area contributed by atoms with E-state index in [1.54, 1.807) is 0 Å². The molecule has 98 valence electrons. The quantitative estimate of drug-likeness (QED) is 0.547. The third kappa shape index (κ3) is 1.97. The Morgan fingerprint density at radius 1 is 1.35 bits per heavy atom. The fraction of sp³-hybridized carbons (Fsp3) is 0.909. The molecule has 1 heterocycles. The van der Waals surface area contributed by atoms with Gasteiger partial charge < -0.3 is 0 Å². The van der Waals surface area contributed by atoms with E-state index >= 15 is 0 Å². The van der Waals surface area contributed by atoms with Crippen LogP contribution in [-0.4, -0.2) is 24.2 Å². The molecule has 2 atom stereocenters. The molecule has 0 aromatic carbocycles. The van der Waals surface area contributed by atoms with E-state index in [1.807, 2.05) is 6.92 Å². The van der Waals surface area contributed by atoms with Gasteiger partial charge in [-0.05, 0) is 30.6 Å². The number of halogens is 1. The van der Waals surface area contributed by atoms with Crippen LogP contribution in [0, 0.1) is 11.3 Å². The van der Waals surface area contributed by atoms with E-state index in [0.29, 0.717) is 6.42 Å². The zero-order chi connectivity index (χ0) is 13.1. The van der Waals surface area contributed by atoms with Crippen molar-refractivity contribution in [2.45, 2.75) is 52.0 Å². The van der Waals surface area contributed by atoms with Gasteiger partial charge in [0, 0.05) is 10.7 Å². The Labute approximate surface area is 107 Å². The van der Waals surface area contributed by atoms with Crippen molar-refractivity contribution in [3.8, 4) is 0 Å². The van der Waals surface area contributed by atoms with Crippen LogP contribution >= 0.6 is 10.7 Å². The van der Waals surface area contributed by atoms with E-state index in [0.717, 1.165) is 23.6 Å². The molecule has 0 N–H and O–H groups in total. The Balaban J connectivity index is 2.31. The van der Waals surface area contributed by atoms with Crippen molar-refractivity contribution in [3.05, 3.63) is 0 Å². The van der Waals surface area contributed by atoms with E-state index in [4.69, 9.17) is 10.7 Å². The van der Waals surface area contributed by atoms with E-state index in [1.165, 1.54) is 0 Å². The van der Waals surface area contributed by atoms with Crippen molar-refractivity contribution in [2.24, 2.45) is 11.3 Å². The van der Waals surface area contributed by atoms with Crippen LogP contribution in [-0.2, 0) is 14.0 Å². The number of hydrogen-bond acceptors (Lipinski definition) is 3. The van der Waals surface area contributed by atoms with Gasteiger partial charge >= 0.3 is 9.24 Å². The summed E-state index contributed by atoms with van der Waals surface area (Å²) in [4.78, 5) is 11.5. The average molecular weight is 280 g/mol. The maximum absolute atomic E-state index is 11.5. The number of amides is 1. The molecule has 17 heavy (non-hydrogen) atoms. The maximum Gasteiger partial charge on any atom is 0.324 e. The van der Waals surface area contributed by atoms with Crippen LogP contribution in [0.15, 0.2) is 0 Å². The van der Waals surface area contributed by atoms with Crippen LogP contribution < -0.4 is 0 Å². The molecule has 2 fully saturated rings. The zero-order valence-corrected chi connectivity index (χ0v) is 11.9. The second kappa shape index (κ2) is 3.60. The molecular formula is C11H18ClNO3S. The predicted octanol–water partition coefficient (Wildman–Crippen LogP) is 2.29. The SMILES string of the molecule is CC1CC(C)(C)CCC12CC(=O)N2S(=O)(=O)Cl. The summed E-state index contributed by atoms with van der Waals surface area (Å²) in [6.45, 7) is 6.37. The first kappa shape index (κ1) is 13.1. The van der Waals surface area contributed by atoms with E-state index in [9.17, 15) is 13.2 Å². The summed E-state index contributed by atoms with van der Waals surface area (Å²) in [6.07, 6.45) is 2.88. The molecule has 1 saturated heterocycles. The lowest BCUT2D eigenvalue weighted by atomic mass is 9.60. The first-order chi connectivity index (χ1) is 7.58. The Kier molecular flexibility index (Phi) is 2.79. The van der Waals surface area contributed by atoms with Crippen molar-refractivity contribution in [3.63, 3.8) is 0 Å². The summed E-state index contributed by atoms with van der Waals surface area (Å²) in [6, 6.07) is 0. The molecule has 0 aromatic rings. The first-order valence-electron chi connectivity index (χ1n) is 5.86. The fourth-order valence-electron chi connectivity index (χ4n) is 3.39. The number of carbonyl (C=O) groups excluding carboxylic acids is 1. The van der Waals surface area contributed by atoms with Crippen LogP contribution in [0.3, 0.4) is 0 Å². The van der Waals surface area contributed by atoms with Crippen molar-refractivity contribution in [2.75, 3.05) is 0 Å². The molecule has 0 aromatic heterocycles. The molecule has 2 aliphatic rings. The molecule has 1 amide bonds. The van der Waals surface area contributed by atoms with Crippen LogP contribution in [0.25, 0.3) is 0 Å². The number of nitrogens with zero attached hydrogens (tertiary/aromatic N) is 1. The van der Waals surface area contributed by atoms with E-state index in [-0.39, 0.29) is 17.2 Å². The molecule has 4 nitrogen and oxygen atoms in total. The van der Waals surface area contributed by atoms with E-state index < -0.39 is 14.8 Å². The third-order valence-corrected chi connectivity index (χ3v) is 5.73. The predicted molar refractivity (Wildman–Crippen MR) is 65.8 cm³/mol. The average Bonchev–Trinajstić information content (AvgIpc) is 2.05. The lowest BCUT2D eigenvalue weighted by molar-refractivity contribution is -0.154. The van der Waals surface area contributed by atoms with Gasteiger partial charge in [-0.3, -0.25) is 4.79 Å². The van der Waals surface area contributed by atoms with E-state index in [2.05, 4.69) is 13.8 Å². The van der Waals surface area contributed by atoms with Crippen LogP contribution in [0.4, 0.5) is 0 Å². The molecule has 1 spiro atoms. The highest BCUT2D eigenvalue weighted by molar-refractivity contribution is 8.12. The highest BCUT2D eigenvalue weighted by atomic mass is 35.7. The Hall–Kier alpha value is -0.290. The van der Waals surface area contributed by atoms with Crippen molar-refractivity contribution in [1.29, 1.82) is 0 Å². The number of carbonyl (C=O) groups is 1. The van der Waals surface area contributed by atoms with Crippen molar-refractivity contribution >= 4 is 25.8 Å². The number of hydrogen-bond donors (Lipinski definition) is 0. The molecule has 2 unspecified atom stereocenters. The van der Waals surface area contributed by atoms with Crippen LogP contribution in [0.2, 0.25) is 0 Å². The first-order valence-corrected chi connectivity index (χ1v) is 8.13. The van der Waals surface area contributed by atoms with Crippen LogP contribution in [0.1, 0.15) is 46.5 Å². The van der Waals surface area contributed by atoms with Gasteiger partial charge in [-0.15, -0.1) is 0 Å². The van der Waals surface area contributed by atoms with Gasteiger partial charge in [-0.25, -0.2) is 4.31 Å². The summed E-state index contributed by atoms with van der Waals surface area (Å²) >= 11 is 0. The molecule has 1 saturated carbocycles. The maximum atomic E-state index is 11.5. The molecule has 1 aliphatic carbocycles. The molecular weight excluding hydrogens is 262 g/mol. The summed E-state index contributed by atoms with van der Waals surface area (Å²) in [5, 5.41) is 0. The molecule has 6 heteroatoms. The Bertz CT molecular complexity index is 459. The lowest BCUT2D eigenvalue weighted by Crippen LogP contribution is -2.69. The second-order valence-electron chi connectivity index (χ2n) is 6.15. The smallest absolute Gasteiger partial charge is 0.274 e. The highest BCUT2D eigenvalue weighted by Crippen LogP contribution is 2.54. The normalized spacial score (nSPS) is 37.1. The topological polar surface area (TPSA) is 54.5 Å². The largest absolute Gasteiger partial charge is 0.324 e. The minimum absolute atomic E-state index is 0.164. The van der Waals surface area contributed by atoms with Gasteiger partial charge in [-0.1, -0.05) is 20.8 Å². The van der Waals surface area contributed by atoms with Gasteiger partial charge in [0.2, 0.25) is 5.91 Å². The number of rotatable bonds is 1. The van der Waals surface area contributed by atoms with Crippen molar-refractivity contribution in [1.82, 2.24) is 4.31 Å². The molecule has 1 aliphatic heterocycles. The van der Waals surface area contributed by atoms with Gasteiger partial charge in [0.1, 0.15) is 0 Å². The fourth-order valence-corrected chi connectivity index (χ4v) is 5.11. The monoisotopic (exact) mass is 279 g/mol. The molecule has 0 radical (unpaired) electrons.